The molecule has 2 amide bonds. The van der Waals surface area contributed by atoms with Gasteiger partial charge in [-0.3, -0.25) is 5.32 Å². The van der Waals surface area contributed by atoms with Crippen molar-refractivity contribution in [1.82, 2.24) is 9.55 Å². The van der Waals surface area contributed by atoms with Crippen LogP contribution in [0.2, 0.25) is 0 Å². The van der Waals surface area contributed by atoms with Gasteiger partial charge in [-0.05, 0) is 44.0 Å². The van der Waals surface area contributed by atoms with Crippen LogP contribution in [-0.2, 0) is 4.74 Å². The minimum atomic E-state index is -0.744. The summed E-state index contributed by atoms with van der Waals surface area (Å²) < 4.78 is 12.6. The Labute approximate surface area is 172 Å². The number of aryl methyl sites for hydroxylation is 1. The standard InChI is InChI=1S/C20H22N4O4S/c1-5-28-19(25)16-12(3)17(29-18(16)23-20(21)26)13-6-7-14(15(8-13)27-4)24-9-11(2)22-10-24/h6-10H,5H2,1-4H3,(H3,21,23,26). The molecule has 0 spiro atoms. The van der Waals surface area contributed by atoms with E-state index in [1.54, 1.807) is 20.4 Å². The summed E-state index contributed by atoms with van der Waals surface area (Å²) in [5, 5.41) is 2.88. The molecule has 0 fully saturated rings. The van der Waals surface area contributed by atoms with Gasteiger partial charge in [0.25, 0.3) is 0 Å². The first kappa shape index (κ1) is 20.4. The van der Waals surface area contributed by atoms with Gasteiger partial charge < -0.3 is 19.8 Å². The number of esters is 1. The Bertz CT molecular complexity index is 1070. The maximum Gasteiger partial charge on any atom is 0.341 e. The summed E-state index contributed by atoms with van der Waals surface area (Å²) in [6.45, 7) is 5.68. The fourth-order valence-electron chi connectivity index (χ4n) is 3.02. The predicted octanol–water partition coefficient (Wildman–Crippen LogP) is 3.89. The second kappa shape index (κ2) is 8.36. The summed E-state index contributed by atoms with van der Waals surface area (Å²) in [6, 6.07) is 4.98. The molecule has 29 heavy (non-hydrogen) atoms. The molecular formula is C20H22N4O4S. The SMILES string of the molecule is CCOC(=O)c1c(NC(N)=O)sc(-c2ccc(-n3cnc(C)c3)c(OC)c2)c1C. The number of nitrogens with zero attached hydrogens (tertiary/aromatic N) is 2. The summed E-state index contributed by atoms with van der Waals surface area (Å²) in [5.74, 6) is 0.142. The zero-order valence-corrected chi connectivity index (χ0v) is 17.4. The average molecular weight is 414 g/mol. The van der Waals surface area contributed by atoms with E-state index in [1.807, 2.05) is 42.8 Å². The van der Waals surface area contributed by atoms with Crippen molar-refractivity contribution in [1.29, 1.82) is 0 Å². The zero-order valence-electron chi connectivity index (χ0n) is 16.6. The normalized spacial score (nSPS) is 10.6. The highest BCUT2D eigenvalue weighted by atomic mass is 32.1. The molecule has 3 aromatic rings. The van der Waals surface area contributed by atoms with E-state index in [1.165, 1.54) is 11.3 Å². The molecule has 0 saturated carbocycles. The van der Waals surface area contributed by atoms with Crippen LogP contribution in [-0.4, -0.2) is 35.3 Å². The van der Waals surface area contributed by atoms with Crippen molar-refractivity contribution in [2.75, 3.05) is 19.0 Å². The number of carbonyl (C=O) groups excluding carboxylic acids is 2. The molecule has 3 N–H and O–H groups in total. The Morgan fingerprint density at radius 1 is 1.31 bits per heavy atom. The number of hydrogen-bond acceptors (Lipinski definition) is 6. The van der Waals surface area contributed by atoms with Crippen LogP contribution in [0.1, 0.15) is 28.5 Å². The molecule has 0 unspecified atom stereocenters. The molecule has 1 aromatic carbocycles. The number of benzene rings is 1. The van der Waals surface area contributed by atoms with Crippen molar-refractivity contribution in [2.24, 2.45) is 5.73 Å². The Balaban J connectivity index is 2.10. The number of carbonyl (C=O) groups is 2. The second-order valence-corrected chi connectivity index (χ2v) is 7.30. The summed E-state index contributed by atoms with van der Waals surface area (Å²) in [4.78, 5) is 28.9. The number of imidazole rings is 1. The average Bonchev–Trinajstić information content (AvgIpc) is 3.24. The molecule has 0 aliphatic carbocycles. The monoisotopic (exact) mass is 414 g/mol. The smallest absolute Gasteiger partial charge is 0.341 e. The highest BCUT2D eigenvalue weighted by Crippen LogP contribution is 2.42. The van der Waals surface area contributed by atoms with Gasteiger partial charge in [-0.1, -0.05) is 6.07 Å². The Hall–Kier alpha value is -3.33. The van der Waals surface area contributed by atoms with Gasteiger partial charge in [0.15, 0.2) is 0 Å². The van der Waals surface area contributed by atoms with E-state index in [4.69, 9.17) is 15.2 Å². The lowest BCUT2D eigenvalue weighted by Crippen LogP contribution is -2.20. The third kappa shape index (κ3) is 4.09. The highest BCUT2D eigenvalue weighted by molar-refractivity contribution is 7.20. The first-order valence-corrected chi connectivity index (χ1v) is 9.73. The van der Waals surface area contributed by atoms with E-state index in [-0.39, 0.29) is 6.61 Å². The molecule has 3 rings (SSSR count). The number of nitrogens with two attached hydrogens (primary N) is 1. The van der Waals surface area contributed by atoms with Crippen molar-refractivity contribution in [3.8, 4) is 21.9 Å². The van der Waals surface area contributed by atoms with E-state index in [2.05, 4.69) is 10.3 Å². The maximum atomic E-state index is 12.4. The van der Waals surface area contributed by atoms with Gasteiger partial charge in [-0.15, -0.1) is 11.3 Å². The fraction of sp³-hybridized carbons (Fsp3) is 0.250. The van der Waals surface area contributed by atoms with Gasteiger partial charge in [-0.2, -0.15) is 0 Å². The van der Waals surface area contributed by atoms with E-state index in [9.17, 15) is 9.59 Å². The van der Waals surface area contributed by atoms with Gasteiger partial charge in [0, 0.05) is 11.1 Å². The molecule has 2 heterocycles. The summed E-state index contributed by atoms with van der Waals surface area (Å²) in [7, 11) is 1.60. The van der Waals surface area contributed by atoms with Crippen LogP contribution in [0.15, 0.2) is 30.7 Å². The summed E-state index contributed by atoms with van der Waals surface area (Å²) >= 11 is 1.26. The highest BCUT2D eigenvalue weighted by Gasteiger charge is 2.24. The fourth-order valence-corrected chi connectivity index (χ4v) is 4.22. The largest absolute Gasteiger partial charge is 0.495 e. The molecule has 8 nitrogen and oxygen atoms in total. The molecule has 0 radical (unpaired) electrons. The lowest BCUT2D eigenvalue weighted by molar-refractivity contribution is 0.0527. The van der Waals surface area contributed by atoms with E-state index in [0.717, 1.165) is 21.8 Å². The van der Waals surface area contributed by atoms with Crippen molar-refractivity contribution < 1.29 is 19.1 Å². The number of anilines is 1. The number of rotatable bonds is 6. The van der Waals surface area contributed by atoms with Gasteiger partial charge >= 0.3 is 12.0 Å². The predicted molar refractivity (Wildman–Crippen MR) is 112 cm³/mol. The number of amides is 2. The topological polar surface area (TPSA) is 108 Å². The minimum absolute atomic E-state index is 0.228. The Kier molecular flexibility index (Phi) is 5.88. The summed E-state index contributed by atoms with van der Waals surface area (Å²) in [6.07, 6.45) is 3.62. The van der Waals surface area contributed by atoms with Crippen molar-refractivity contribution >= 4 is 28.3 Å². The molecule has 2 aromatic heterocycles. The van der Waals surface area contributed by atoms with Crippen molar-refractivity contribution in [2.45, 2.75) is 20.8 Å². The van der Waals surface area contributed by atoms with Gasteiger partial charge in [-0.25, -0.2) is 14.6 Å². The first-order valence-electron chi connectivity index (χ1n) is 8.92. The van der Waals surface area contributed by atoms with Crippen LogP contribution in [0.3, 0.4) is 0 Å². The number of methoxy groups -OCH3 is 1. The van der Waals surface area contributed by atoms with Crippen LogP contribution < -0.4 is 15.8 Å². The number of aromatic nitrogens is 2. The van der Waals surface area contributed by atoms with Gasteiger partial charge in [0.05, 0.1) is 37.0 Å². The first-order chi connectivity index (χ1) is 13.8. The van der Waals surface area contributed by atoms with Crippen LogP contribution in [0, 0.1) is 13.8 Å². The number of ether oxygens (including phenoxy) is 2. The van der Waals surface area contributed by atoms with Crippen LogP contribution in [0.5, 0.6) is 5.75 Å². The van der Waals surface area contributed by atoms with Crippen LogP contribution >= 0.6 is 11.3 Å². The van der Waals surface area contributed by atoms with E-state index < -0.39 is 12.0 Å². The zero-order chi connectivity index (χ0) is 21.1. The van der Waals surface area contributed by atoms with Gasteiger partial charge in [0.2, 0.25) is 0 Å². The molecule has 0 aliphatic rings. The van der Waals surface area contributed by atoms with E-state index >= 15 is 0 Å². The Morgan fingerprint density at radius 2 is 2.07 bits per heavy atom. The molecule has 152 valence electrons. The number of primary amides is 1. The van der Waals surface area contributed by atoms with Crippen molar-refractivity contribution in [3.05, 3.63) is 47.5 Å². The van der Waals surface area contributed by atoms with Crippen LogP contribution in [0.25, 0.3) is 16.1 Å². The molecule has 9 heteroatoms. The molecule has 0 aliphatic heterocycles. The van der Waals surface area contributed by atoms with E-state index in [0.29, 0.717) is 21.9 Å². The second-order valence-electron chi connectivity index (χ2n) is 6.28. The van der Waals surface area contributed by atoms with Crippen LogP contribution in [0.4, 0.5) is 9.80 Å². The number of urea groups is 1. The maximum absolute atomic E-state index is 12.4. The summed E-state index contributed by atoms with van der Waals surface area (Å²) in [5.41, 5.74) is 8.85. The van der Waals surface area contributed by atoms with Crippen molar-refractivity contribution in [3.63, 3.8) is 0 Å². The third-order valence-electron chi connectivity index (χ3n) is 4.29. The lowest BCUT2D eigenvalue weighted by Gasteiger charge is -2.11. The number of nitrogens with one attached hydrogen (secondary N) is 1. The minimum Gasteiger partial charge on any atom is -0.495 e. The molecular weight excluding hydrogens is 392 g/mol. The number of thiophene rings is 1. The Morgan fingerprint density at radius 3 is 2.66 bits per heavy atom. The number of hydrogen-bond donors (Lipinski definition) is 2. The quantitative estimate of drug-likeness (QED) is 0.595. The molecule has 0 atom stereocenters. The van der Waals surface area contributed by atoms with Gasteiger partial charge in [0.1, 0.15) is 10.8 Å². The molecule has 0 saturated heterocycles. The third-order valence-corrected chi connectivity index (χ3v) is 5.55. The molecule has 0 bridgehead atoms. The lowest BCUT2D eigenvalue weighted by atomic mass is 10.1.